The van der Waals surface area contributed by atoms with Gasteiger partial charge < -0.3 is 0 Å². The minimum absolute atomic E-state index is 0.232. The van der Waals surface area contributed by atoms with Crippen LogP contribution < -0.4 is 10.9 Å². The first-order chi connectivity index (χ1) is 9.56. The molecule has 4 heteroatoms. The summed E-state index contributed by atoms with van der Waals surface area (Å²) in [4.78, 5) is 11.9. The number of amides is 1. The second-order valence-electron chi connectivity index (χ2n) is 4.86. The molecule has 0 aliphatic heterocycles. The van der Waals surface area contributed by atoms with Gasteiger partial charge in [-0.3, -0.25) is 15.6 Å². The van der Waals surface area contributed by atoms with Gasteiger partial charge in [0.1, 0.15) is 5.82 Å². The number of nitrogens with one attached hydrogen (secondary N) is 2. The molecule has 0 atom stereocenters. The van der Waals surface area contributed by atoms with Gasteiger partial charge in [0, 0.05) is 5.56 Å². The van der Waals surface area contributed by atoms with Gasteiger partial charge in [0.25, 0.3) is 5.91 Å². The van der Waals surface area contributed by atoms with Crippen LogP contribution in [0.3, 0.4) is 0 Å². The lowest BCUT2D eigenvalue weighted by atomic mass is 10.0. The Morgan fingerprint density at radius 2 is 1.60 bits per heavy atom. The number of benzene rings is 2. The predicted molar refractivity (Wildman–Crippen MR) is 78.0 cm³/mol. The van der Waals surface area contributed by atoms with Crippen LogP contribution >= 0.6 is 0 Å². The average Bonchev–Trinajstić information content (AvgIpc) is 2.46. The monoisotopic (exact) mass is 272 g/mol. The normalized spacial score (nSPS) is 10.4. The first-order valence-electron chi connectivity index (χ1n) is 6.48. The van der Waals surface area contributed by atoms with E-state index < -0.39 is 0 Å². The van der Waals surface area contributed by atoms with Crippen LogP contribution in [0.4, 0.5) is 10.1 Å². The first kappa shape index (κ1) is 14.1. The summed E-state index contributed by atoms with van der Waals surface area (Å²) in [5.41, 5.74) is 7.70. The molecule has 1 amide bonds. The van der Waals surface area contributed by atoms with Crippen molar-refractivity contribution in [2.45, 2.75) is 19.8 Å². The minimum Gasteiger partial charge on any atom is -0.298 e. The average molecular weight is 272 g/mol. The fourth-order valence-corrected chi connectivity index (χ4v) is 1.75. The van der Waals surface area contributed by atoms with E-state index in [4.69, 9.17) is 0 Å². The Bertz CT molecular complexity index is 576. The number of anilines is 1. The van der Waals surface area contributed by atoms with Crippen LogP contribution in [-0.2, 0) is 0 Å². The highest BCUT2D eigenvalue weighted by atomic mass is 19.1. The molecule has 2 aromatic rings. The third-order valence-electron chi connectivity index (χ3n) is 3.00. The number of hydrogen-bond acceptors (Lipinski definition) is 2. The zero-order chi connectivity index (χ0) is 14.5. The van der Waals surface area contributed by atoms with Crippen molar-refractivity contribution in [3.63, 3.8) is 0 Å². The van der Waals surface area contributed by atoms with E-state index >= 15 is 0 Å². The Balaban J connectivity index is 1.96. The Morgan fingerprint density at radius 1 is 1.00 bits per heavy atom. The van der Waals surface area contributed by atoms with Crippen LogP contribution in [-0.4, -0.2) is 5.91 Å². The third kappa shape index (κ3) is 3.57. The minimum atomic E-state index is -0.314. The zero-order valence-electron chi connectivity index (χ0n) is 11.5. The van der Waals surface area contributed by atoms with Crippen LogP contribution in [0.5, 0.6) is 0 Å². The summed E-state index contributed by atoms with van der Waals surface area (Å²) in [6, 6.07) is 13.2. The molecule has 0 saturated heterocycles. The van der Waals surface area contributed by atoms with Gasteiger partial charge in [0.05, 0.1) is 5.69 Å². The van der Waals surface area contributed by atoms with E-state index in [1.807, 2.05) is 12.1 Å². The van der Waals surface area contributed by atoms with Gasteiger partial charge in [-0.1, -0.05) is 26.0 Å². The lowest BCUT2D eigenvalue weighted by molar-refractivity contribution is 0.0962. The van der Waals surface area contributed by atoms with E-state index in [-0.39, 0.29) is 11.7 Å². The number of carbonyl (C=O) groups is 1. The second-order valence-corrected chi connectivity index (χ2v) is 4.86. The van der Waals surface area contributed by atoms with Crippen LogP contribution in [0.2, 0.25) is 0 Å². The molecule has 0 fully saturated rings. The Kier molecular flexibility index (Phi) is 4.35. The predicted octanol–water partition coefficient (Wildman–Crippen LogP) is 3.71. The van der Waals surface area contributed by atoms with Crippen molar-refractivity contribution in [2.24, 2.45) is 0 Å². The molecule has 20 heavy (non-hydrogen) atoms. The van der Waals surface area contributed by atoms with Crippen molar-refractivity contribution in [2.75, 3.05) is 5.43 Å². The van der Waals surface area contributed by atoms with Gasteiger partial charge in [-0.25, -0.2) is 4.39 Å². The smallest absolute Gasteiger partial charge is 0.269 e. The molecule has 2 rings (SSSR count). The Labute approximate surface area is 117 Å². The van der Waals surface area contributed by atoms with Crippen LogP contribution in [0.15, 0.2) is 48.5 Å². The summed E-state index contributed by atoms with van der Waals surface area (Å²) in [6.07, 6.45) is 0. The highest BCUT2D eigenvalue weighted by molar-refractivity contribution is 5.94. The molecule has 0 radical (unpaired) electrons. The topological polar surface area (TPSA) is 41.1 Å². The summed E-state index contributed by atoms with van der Waals surface area (Å²) in [5, 5.41) is 0. The lowest BCUT2D eigenvalue weighted by Gasteiger charge is -2.09. The molecular formula is C16H17FN2O. The fourth-order valence-electron chi connectivity index (χ4n) is 1.75. The van der Waals surface area contributed by atoms with Gasteiger partial charge in [-0.2, -0.15) is 0 Å². The van der Waals surface area contributed by atoms with Crippen molar-refractivity contribution in [1.82, 2.24) is 5.43 Å². The van der Waals surface area contributed by atoms with E-state index in [9.17, 15) is 9.18 Å². The zero-order valence-corrected chi connectivity index (χ0v) is 11.5. The van der Waals surface area contributed by atoms with Crippen molar-refractivity contribution < 1.29 is 9.18 Å². The number of rotatable bonds is 4. The molecule has 0 saturated carbocycles. The molecule has 3 nitrogen and oxygen atoms in total. The molecule has 0 aliphatic rings. The Hall–Kier alpha value is -2.36. The number of hydrogen-bond donors (Lipinski definition) is 2. The molecule has 0 bridgehead atoms. The van der Waals surface area contributed by atoms with Crippen LogP contribution in [0.1, 0.15) is 35.7 Å². The fraction of sp³-hybridized carbons (Fsp3) is 0.188. The van der Waals surface area contributed by atoms with Gasteiger partial charge in [-0.05, 0) is 47.9 Å². The summed E-state index contributed by atoms with van der Waals surface area (Å²) in [5.74, 6) is -0.111. The maximum absolute atomic E-state index is 12.7. The highest BCUT2D eigenvalue weighted by Gasteiger charge is 2.06. The van der Waals surface area contributed by atoms with Gasteiger partial charge >= 0.3 is 0 Å². The van der Waals surface area contributed by atoms with E-state index in [1.165, 1.54) is 17.7 Å². The molecule has 0 spiro atoms. The maximum atomic E-state index is 12.7. The van der Waals surface area contributed by atoms with E-state index in [0.717, 1.165) is 0 Å². The number of carbonyl (C=O) groups excluding carboxylic acids is 1. The second kappa shape index (κ2) is 6.19. The van der Waals surface area contributed by atoms with Gasteiger partial charge in [0.15, 0.2) is 0 Å². The maximum Gasteiger partial charge on any atom is 0.269 e. The SMILES string of the molecule is CC(C)c1ccc(C(=O)NNc2ccc(F)cc2)cc1. The molecule has 0 heterocycles. The summed E-state index contributed by atoms with van der Waals surface area (Å²) in [7, 11) is 0. The standard InChI is InChI=1S/C16H17FN2O/c1-11(2)12-3-5-13(6-4-12)16(20)19-18-15-9-7-14(17)8-10-15/h3-11,18H,1-2H3,(H,19,20). The summed E-state index contributed by atoms with van der Waals surface area (Å²) < 4.78 is 12.7. The van der Waals surface area contributed by atoms with E-state index in [0.29, 0.717) is 17.2 Å². The molecule has 104 valence electrons. The summed E-state index contributed by atoms with van der Waals surface area (Å²) in [6.45, 7) is 4.20. The van der Waals surface area contributed by atoms with E-state index in [2.05, 4.69) is 24.7 Å². The molecule has 2 N–H and O–H groups in total. The van der Waals surface area contributed by atoms with E-state index in [1.54, 1.807) is 24.3 Å². The van der Waals surface area contributed by atoms with Crippen molar-refractivity contribution in [1.29, 1.82) is 0 Å². The molecule has 0 aliphatic carbocycles. The van der Waals surface area contributed by atoms with Crippen molar-refractivity contribution >= 4 is 11.6 Å². The summed E-state index contributed by atoms with van der Waals surface area (Å²) >= 11 is 0. The highest BCUT2D eigenvalue weighted by Crippen LogP contribution is 2.14. The lowest BCUT2D eigenvalue weighted by Crippen LogP contribution is -2.29. The quantitative estimate of drug-likeness (QED) is 0.833. The molecule has 2 aromatic carbocycles. The van der Waals surface area contributed by atoms with Crippen molar-refractivity contribution in [3.05, 3.63) is 65.5 Å². The first-order valence-corrected chi connectivity index (χ1v) is 6.48. The molecule has 0 unspecified atom stereocenters. The van der Waals surface area contributed by atoms with Crippen LogP contribution in [0.25, 0.3) is 0 Å². The van der Waals surface area contributed by atoms with Crippen LogP contribution in [0, 0.1) is 5.82 Å². The third-order valence-corrected chi connectivity index (χ3v) is 3.00. The molecule has 0 aromatic heterocycles. The van der Waals surface area contributed by atoms with Gasteiger partial charge in [0.2, 0.25) is 0 Å². The van der Waals surface area contributed by atoms with Crippen molar-refractivity contribution in [3.8, 4) is 0 Å². The largest absolute Gasteiger partial charge is 0.298 e. The Morgan fingerprint density at radius 3 is 2.15 bits per heavy atom. The number of hydrazine groups is 1. The molecular weight excluding hydrogens is 255 g/mol. The van der Waals surface area contributed by atoms with Gasteiger partial charge in [-0.15, -0.1) is 0 Å². The number of halogens is 1.